The van der Waals surface area contributed by atoms with Gasteiger partial charge in [0.2, 0.25) is 15.9 Å². The van der Waals surface area contributed by atoms with Crippen LogP contribution in [0.4, 0.5) is 0 Å². The average Bonchev–Trinajstić information content (AvgIpc) is 2.73. The first kappa shape index (κ1) is 25.7. The minimum atomic E-state index is -3.84. The highest BCUT2D eigenvalue weighted by atomic mass is 32.2. The van der Waals surface area contributed by atoms with Crippen LogP contribution >= 0.6 is 0 Å². The molecule has 7 nitrogen and oxygen atoms in total. The molecule has 1 N–H and O–H groups in total. The van der Waals surface area contributed by atoms with Gasteiger partial charge in [0.25, 0.3) is 0 Å². The molecular formula is C24H34N2O5S. The van der Waals surface area contributed by atoms with Crippen LogP contribution in [0, 0.1) is 19.8 Å². The number of benzene rings is 2. The monoisotopic (exact) mass is 462 g/mol. The summed E-state index contributed by atoms with van der Waals surface area (Å²) in [7, 11) is 0.970. The van der Waals surface area contributed by atoms with Gasteiger partial charge in [-0.2, -0.15) is 4.72 Å². The van der Waals surface area contributed by atoms with E-state index in [4.69, 9.17) is 9.47 Å². The molecule has 0 bridgehead atoms. The second-order valence-electron chi connectivity index (χ2n) is 8.44. The molecule has 2 aromatic rings. The molecule has 0 aliphatic carbocycles. The highest BCUT2D eigenvalue weighted by molar-refractivity contribution is 7.89. The Balaban J connectivity index is 2.26. The highest BCUT2D eigenvalue weighted by Gasteiger charge is 2.29. The number of hydrogen-bond donors (Lipinski definition) is 1. The van der Waals surface area contributed by atoms with Crippen LogP contribution in [0.3, 0.4) is 0 Å². The lowest BCUT2D eigenvalue weighted by Crippen LogP contribution is -2.47. The van der Waals surface area contributed by atoms with Crippen LogP contribution < -0.4 is 14.2 Å². The van der Waals surface area contributed by atoms with Crippen molar-refractivity contribution in [2.24, 2.45) is 5.92 Å². The molecular weight excluding hydrogens is 428 g/mol. The molecule has 0 heterocycles. The van der Waals surface area contributed by atoms with Gasteiger partial charge in [0.05, 0.1) is 19.1 Å². The van der Waals surface area contributed by atoms with Crippen LogP contribution in [0.2, 0.25) is 0 Å². The molecule has 0 saturated carbocycles. The third kappa shape index (κ3) is 6.46. The lowest BCUT2D eigenvalue weighted by atomic mass is 10.0. The summed E-state index contributed by atoms with van der Waals surface area (Å²) in [5.74, 6) is 1.03. The van der Waals surface area contributed by atoms with Crippen molar-refractivity contribution in [1.29, 1.82) is 0 Å². The topological polar surface area (TPSA) is 84.9 Å². The third-order valence-corrected chi connectivity index (χ3v) is 6.75. The van der Waals surface area contributed by atoms with E-state index in [0.29, 0.717) is 24.5 Å². The first-order chi connectivity index (χ1) is 15.0. The van der Waals surface area contributed by atoms with Crippen molar-refractivity contribution in [2.75, 3.05) is 21.3 Å². The van der Waals surface area contributed by atoms with E-state index in [2.05, 4.69) is 4.72 Å². The van der Waals surface area contributed by atoms with Gasteiger partial charge in [-0.05, 0) is 61.6 Å². The number of aryl methyl sites for hydroxylation is 2. The zero-order valence-electron chi connectivity index (χ0n) is 19.9. The zero-order valence-corrected chi connectivity index (χ0v) is 20.7. The molecule has 0 spiro atoms. The summed E-state index contributed by atoms with van der Waals surface area (Å²) in [4.78, 5) is 15.0. The van der Waals surface area contributed by atoms with E-state index in [1.807, 2.05) is 39.8 Å². The molecule has 1 atom stereocenters. The number of sulfonamides is 1. The Morgan fingerprint density at radius 3 is 2.12 bits per heavy atom. The van der Waals surface area contributed by atoms with Crippen molar-refractivity contribution in [2.45, 2.75) is 51.6 Å². The fourth-order valence-corrected chi connectivity index (χ4v) is 4.64. The largest absolute Gasteiger partial charge is 0.493 e. The summed E-state index contributed by atoms with van der Waals surface area (Å²) in [6, 6.07) is 9.40. The minimum Gasteiger partial charge on any atom is -0.493 e. The van der Waals surface area contributed by atoms with E-state index >= 15 is 0 Å². The number of ether oxygens (including phenoxy) is 2. The molecule has 0 fully saturated rings. The van der Waals surface area contributed by atoms with Crippen LogP contribution in [-0.2, 0) is 21.4 Å². The van der Waals surface area contributed by atoms with Crippen molar-refractivity contribution in [1.82, 2.24) is 9.62 Å². The molecule has 1 amide bonds. The van der Waals surface area contributed by atoms with E-state index in [-0.39, 0.29) is 16.7 Å². The first-order valence-electron chi connectivity index (χ1n) is 10.5. The summed E-state index contributed by atoms with van der Waals surface area (Å²) in [6.07, 6.45) is 0.388. The number of carbonyl (C=O) groups excluding carboxylic acids is 1. The van der Waals surface area contributed by atoms with E-state index in [1.54, 1.807) is 50.4 Å². The maximum Gasteiger partial charge on any atom is 0.241 e. The van der Waals surface area contributed by atoms with Crippen molar-refractivity contribution in [3.8, 4) is 11.5 Å². The summed E-state index contributed by atoms with van der Waals surface area (Å²) in [6.45, 7) is 8.05. The minimum absolute atomic E-state index is 0.126. The molecule has 0 aliphatic rings. The Labute approximate surface area is 191 Å². The number of nitrogens with one attached hydrogen (secondary N) is 1. The van der Waals surface area contributed by atoms with Gasteiger partial charge in [-0.25, -0.2) is 8.42 Å². The number of carbonyl (C=O) groups is 1. The highest BCUT2D eigenvalue weighted by Crippen LogP contribution is 2.31. The van der Waals surface area contributed by atoms with Crippen molar-refractivity contribution < 1.29 is 22.7 Å². The van der Waals surface area contributed by atoms with Gasteiger partial charge in [-0.3, -0.25) is 4.79 Å². The summed E-state index contributed by atoms with van der Waals surface area (Å²) in [5.41, 5.74) is 2.80. The average molecular weight is 463 g/mol. The molecule has 0 unspecified atom stereocenters. The zero-order chi connectivity index (χ0) is 24.1. The van der Waals surface area contributed by atoms with E-state index < -0.39 is 16.1 Å². The number of likely N-dealkylation sites (N-methyl/N-ethyl adjacent to an activating group) is 1. The van der Waals surface area contributed by atoms with Gasteiger partial charge in [-0.15, -0.1) is 0 Å². The van der Waals surface area contributed by atoms with Gasteiger partial charge in [-0.1, -0.05) is 31.5 Å². The molecule has 32 heavy (non-hydrogen) atoms. The maximum absolute atomic E-state index is 13.3. The summed E-state index contributed by atoms with van der Waals surface area (Å²) >= 11 is 0. The van der Waals surface area contributed by atoms with E-state index in [9.17, 15) is 13.2 Å². The Morgan fingerprint density at radius 2 is 1.59 bits per heavy atom. The number of nitrogens with zero attached hydrogens (tertiary/aromatic N) is 1. The molecule has 0 saturated heterocycles. The Bertz CT molecular complexity index is 1030. The molecule has 0 radical (unpaired) electrons. The number of amides is 1. The van der Waals surface area contributed by atoms with Crippen LogP contribution in [0.25, 0.3) is 0 Å². The predicted molar refractivity (Wildman–Crippen MR) is 126 cm³/mol. The van der Waals surface area contributed by atoms with Gasteiger partial charge >= 0.3 is 0 Å². The van der Waals surface area contributed by atoms with Crippen LogP contribution in [0.1, 0.15) is 37.0 Å². The fraction of sp³-hybridized carbons (Fsp3) is 0.458. The standard InChI is InChI=1S/C24H34N2O5S/c1-16(2)12-21(25-32(28,29)20-10-8-17(3)9-11-20)24(27)26(5)15-19-14-23(31-7)22(30-6)13-18(19)4/h8-11,13-14,16,21,25H,12,15H2,1-7H3/t21-/m1/s1. The second kappa shape index (κ2) is 10.8. The number of methoxy groups -OCH3 is 2. The fourth-order valence-electron chi connectivity index (χ4n) is 3.44. The molecule has 8 heteroatoms. The Kier molecular flexibility index (Phi) is 8.69. The van der Waals surface area contributed by atoms with Gasteiger partial charge in [0.15, 0.2) is 11.5 Å². The van der Waals surface area contributed by atoms with E-state index in [0.717, 1.165) is 16.7 Å². The summed E-state index contributed by atoms with van der Waals surface area (Å²) in [5, 5.41) is 0. The number of hydrogen-bond acceptors (Lipinski definition) is 5. The van der Waals surface area contributed by atoms with Crippen LogP contribution in [0.5, 0.6) is 11.5 Å². The molecule has 0 aliphatic heterocycles. The van der Waals surface area contributed by atoms with Crippen LogP contribution in [0.15, 0.2) is 41.3 Å². The van der Waals surface area contributed by atoms with Gasteiger partial charge in [0.1, 0.15) is 6.04 Å². The lowest BCUT2D eigenvalue weighted by Gasteiger charge is -2.26. The molecule has 2 aromatic carbocycles. The smallest absolute Gasteiger partial charge is 0.241 e. The number of rotatable bonds is 10. The molecule has 2 rings (SSSR count). The van der Waals surface area contributed by atoms with Crippen molar-refractivity contribution in [3.63, 3.8) is 0 Å². The van der Waals surface area contributed by atoms with E-state index in [1.165, 1.54) is 0 Å². The molecule has 176 valence electrons. The Hall–Kier alpha value is -2.58. The first-order valence-corrected chi connectivity index (χ1v) is 12.0. The second-order valence-corrected chi connectivity index (χ2v) is 10.2. The molecule has 0 aromatic heterocycles. The quantitative estimate of drug-likeness (QED) is 0.582. The maximum atomic E-state index is 13.3. The third-order valence-electron chi connectivity index (χ3n) is 5.26. The van der Waals surface area contributed by atoms with Gasteiger partial charge in [0, 0.05) is 13.6 Å². The Morgan fingerprint density at radius 1 is 1.03 bits per heavy atom. The lowest BCUT2D eigenvalue weighted by molar-refractivity contribution is -0.132. The van der Waals surface area contributed by atoms with Crippen molar-refractivity contribution in [3.05, 3.63) is 53.1 Å². The van der Waals surface area contributed by atoms with Crippen LogP contribution in [-0.4, -0.2) is 46.5 Å². The van der Waals surface area contributed by atoms with Gasteiger partial charge < -0.3 is 14.4 Å². The SMILES string of the molecule is COc1cc(C)c(CN(C)C(=O)[C@@H](CC(C)C)NS(=O)(=O)c2ccc(C)cc2)cc1OC. The van der Waals surface area contributed by atoms with Crippen molar-refractivity contribution >= 4 is 15.9 Å². The summed E-state index contributed by atoms with van der Waals surface area (Å²) < 4.78 is 39.2. The normalized spacial score (nSPS) is 12.5. The predicted octanol–water partition coefficient (Wildman–Crippen LogP) is 3.67.